The van der Waals surface area contributed by atoms with E-state index in [9.17, 15) is 9.59 Å². The van der Waals surface area contributed by atoms with Gasteiger partial charge in [0.15, 0.2) is 0 Å². The van der Waals surface area contributed by atoms with Crippen LogP contribution >= 0.6 is 0 Å². The second-order valence-electron chi connectivity index (χ2n) is 4.43. The molecule has 2 aromatic rings. The van der Waals surface area contributed by atoms with Gasteiger partial charge in [0.25, 0.3) is 5.91 Å². The minimum Gasteiger partial charge on any atom is -0.328 e. The molecule has 1 heterocycles. The third-order valence-electron chi connectivity index (χ3n) is 2.86. The van der Waals surface area contributed by atoms with Crippen molar-refractivity contribution in [3.63, 3.8) is 0 Å². The number of nitrogens with two attached hydrogens (primary N) is 1. The Hall–Kier alpha value is -2.84. The van der Waals surface area contributed by atoms with E-state index in [0.29, 0.717) is 17.8 Å². The highest BCUT2D eigenvalue weighted by atomic mass is 16.1. The number of rotatable bonds is 2. The molecular formula is C16H15N3O2. The number of anilines is 1. The van der Waals surface area contributed by atoms with E-state index in [1.807, 2.05) is 19.1 Å². The molecule has 0 bridgehead atoms. The lowest BCUT2D eigenvalue weighted by atomic mass is 10.1. The van der Waals surface area contributed by atoms with Gasteiger partial charge in [0.2, 0.25) is 5.56 Å². The van der Waals surface area contributed by atoms with Crippen LogP contribution in [0.25, 0.3) is 0 Å². The van der Waals surface area contributed by atoms with Gasteiger partial charge in [-0.05, 0) is 36.8 Å². The van der Waals surface area contributed by atoms with Crippen LogP contribution in [0.5, 0.6) is 0 Å². The molecule has 0 unspecified atom stereocenters. The standard InChI is InChI=1S/C16H15N3O2/c1-11-9-14(6-4-12(11)3-2-8-17)19-16(21)13-5-7-15(20)18-10-13/h4-7,9-10H,8,17H2,1H3,(H,18,20)(H,19,21). The zero-order chi connectivity index (χ0) is 15.2. The Morgan fingerprint density at radius 2 is 2.14 bits per heavy atom. The average Bonchev–Trinajstić information content (AvgIpc) is 2.47. The summed E-state index contributed by atoms with van der Waals surface area (Å²) in [5.41, 5.74) is 7.98. The molecular weight excluding hydrogens is 266 g/mol. The Bertz CT molecular complexity index is 762. The maximum absolute atomic E-state index is 12.0. The fraction of sp³-hybridized carbons (Fsp3) is 0.125. The Morgan fingerprint density at radius 3 is 2.76 bits per heavy atom. The van der Waals surface area contributed by atoms with Crippen LogP contribution in [0.1, 0.15) is 21.5 Å². The van der Waals surface area contributed by atoms with E-state index >= 15 is 0 Å². The van der Waals surface area contributed by atoms with Crippen molar-refractivity contribution in [3.05, 3.63) is 63.6 Å². The lowest BCUT2D eigenvalue weighted by Crippen LogP contribution is -2.14. The summed E-state index contributed by atoms with van der Waals surface area (Å²) in [5.74, 6) is 5.47. The molecule has 2 rings (SSSR count). The fourth-order valence-electron chi connectivity index (χ4n) is 1.78. The van der Waals surface area contributed by atoms with Gasteiger partial charge in [-0.1, -0.05) is 11.8 Å². The van der Waals surface area contributed by atoms with Crippen molar-refractivity contribution in [2.45, 2.75) is 6.92 Å². The minimum absolute atomic E-state index is 0.245. The number of amides is 1. The molecule has 0 aliphatic carbocycles. The predicted octanol–water partition coefficient (Wildman–Crippen LogP) is 1.25. The topological polar surface area (TPSA) is 88.0 Å². The lowest BCUT2D eigenvalue weighted by molar-refractivity contribution is 0.102. The fourth-order valence-corrected chi connectivity index (χ4v) is 1.78. The molecule has 1 amide bonds. The Labute approximate surface area is 122 Å². The van der Waals surface area contributed by atoms with E-state index in [4.69, 9.17) is 5.73 Å². The molecule has 1 aromatic heterocycles. The first-order chi connectivity index (χ1) is 10.1. The number of aromatic amines is 1. The van der Waals surface area contributed by atoms with Crippen molar-refractivity contribution in [2.24, 2.45) is 5.73 Å². The number of nitrogens with one attached hydrogen (secondary N) is 2. The van der Waals surface area contributed by atoms with Gasteiger partial charge in [0, 0.05) is 23.5 Å². The van der Waals surface area contributed by atoms with Crippen LogP contribution in [-0.4, -0.2) is 17.4 Å². The van der Waals surface area contributed by atoms with E-state index in [1.54, 1.807) is 6.07 Å². The Balaban J connectivity index is 2.16. The monoisotopic (exact) mass is 281 g/mol. The zero-order valence-corrected chi connectivity index (χ0v) is 11.6. The molecule has 0 saturated heterocycles. The molecule has 5 nitrogen and oxygen atoms in total. The Morgan fingerprint density at radius 1 is 1.33 bits per heavy atom. The third kappa shape index (κ3) is 3.81. The first kappa shape index (κ1) is 14.6. The molecule has 106 valence electrons. The molecule has 0 aliphatic heterocycles. The van der Waals surface area contributed by atoms with E-state index < -0.39 is 0 Å². The number of carbonyl (C=O) groups excluding carboxylic acids is 1. The van der Waals surface area contributed by atoms with E-state index in [-0.39, 0.29) is 11.5 Å². The van der Waals surface area contributed by atoms with Crippen LogP contribution in [-0.2, 0) is 0 Å². The number of benzene rings is 1. The molecule has 1 aromatic carbocycles. The van der Waals surface area contributed by atoms with Crippen LogP contribution in [0.4, 0.5) is 5.69 Å². The summed E-state index contributed by atoms with van der Waals surface area (Å²) < 4.78 is 0. The van der Waals surface area contributed by atoms with Gasteiger partial charge in [-0.15, -0.1) is 0 Å². The number of hydrogen-bond acceptors (Lipinski definition) is 3. The van der Waals surface area contributed by atoms with Gasteiger partial charge in [0.1, 0.15) is 0 Å². The van der Waals surface area contributed by atoms with Gasteiger partial charge in [-0.3, -0.25) is 9.59 Å². The van der Waals surface area contributed by atoms with Gasteiger partial charge < -0.3 is 16.0 Å². The molecule has 0 radical (unpaired) electrons. The van der Waals surface area contributed by atoms with Crippen LogP contribution < -0.4 is 16.6 Å². The van der Waals surface area contributed by atoms with Crippen LogP contribution in [0.15, 0.2) is 41.3 Å². The second-order valence-corrected chi connectivity index (χ2v) is 4.43. The van der Waals surface area contributed by atoms with Crippen molar-refractivity contribution in [2.75, 3.05) is 11.9 Å². The van der Waals surface area contributed by atoms with Crippen molar-refractivity contribution in [1.29, 1.82) is 0 Å². The molecule has 0 saturated carbocycles. The quantitative estimate of drug-likeness (QED) is 0.724. The van der Waals surface area contributed by atoms with E-state index in [2.05, 4.69) is 22.1 Å². The smallest absolute Gasteiger partial charge is 0.257 e. The summed E-state index contributed by atoms with van der Waals surface area (Å²) in [6.45, 7) is 2.22. The number of pyridine rings is 1. The van der Waals surface area contributed by atoms with E-state index in [1.165, 1.54) is 18.3 Å². The first-order valence-electron chi connectivity index (χ1n) is 6.40. The van der Waals surface area contributed by atoms with Crippen LogP contribution in [0, 0.1) is 18.8 Å². The maximum atomic E-state index is 12.0. The second kappa shape index (κ2) is 6.55. The molecule has 5 heteroatoms. The normalized spacial score (nSPS) is 9.62. The summed E-state index contributed by atoms with van der Waals surface area (Å²) >= 11 is 0. The summed E-state index contributed by atoms with van der Waals surface area (Å²) in [7, 11) is 0. The highest BCUT2D eigenvalue weighted by molar-refractivity contribution is 6.04. The van der Waals surface area contributed by atoms with Crippen LogP contribution in [0.2, 0.25) is 0 Å². The maximum Gasteiger partial charge on any atom is 0.257 e. The number of hydrogen-bond donors (Lipinski definition) is 3. The third-order valence-corrected chi connectivity index (χ3v) is 2.86. The van der Waals surface area contributed by atoms with Crippen molar-refractivity contribution in [1.82, 2.24) is 4.98 Å². The highest BCUT2D eigenvalue weighted by Crippen LogP contribution is 2.15. The first-order valence-corrected chi connectivity index (χ1v) is 6.40. The van der Waals surface area contributed by atoms with Crippen molar-refractivity contribution in [3.8, 4) is 11.8 Å². The number of aryl methyl sites for hydroxylation is 1. The zero-order valence-electron chi connectivity index (χ0n) is 11.6. The van der Waals surface area contributed by atoms with E-state index in [0.717, 1.165) is 11.1 Å². The molecule has 0 fully saturated rings. The Kier molecular flexibility index (Phi) is 4.54. The summed E-state index contributed by atoms with van der Waals surface area (Å²) in [4.78, 5) is 25.4. The largest absolute Gasteiger partial charge is 0.328 e. The molecule has 0 spiro atoms. The summed E-state index contributed by atoms with van der Waals surface area (Å²) in [5, 5.41) is 2.77. The highest BCUT2D eigenvalue weighted by Gasteiger charge is 2.06. The minimum atomic E-state index is -0.286. The molecule has 4 N–H and O–H groups in total. The van der Waals surface area contributed by atoms with Crippen LogP contribution in [0.3, 0.4) is 0 Å². The van der Waals surface area contributed by atoms with Gasteiger partial charge in [-0.25, -0.2) is 0 Å². The van der Waals surface area contributed by atoms with Crippen molar-refractivity contribution >= 4 is 11.6 Å². The number of H-pyrrole nitrogens is 1. The van der Waals surface area contributed by atoms with Gasteiger partial charge >= 0.3 is 0 Å². The molecule has 0 atom stereocenters. The number of aromatic nitrogens is 1. The summed E-state index contributed by atoms with van der Waals surface area (Å²) in [6.07, 6.45) is 1.38. The van der Waals surface area contributed by atoms with Crippen molar-refractivity contribution < 1.29 is 4.79 Å². The lowest BCUT2D eigenvalue weighted by Gasteiger charge is -2.07. The summed E-state index contributed by atoms with van der Waals surface area (Å²) in [6, 6.07) is 8.23. The predicted molar refractivity (Wildman–Crippen MR) is 82.1 cm³/mol. The molecule has 21 heavy (non-hydrogen) atoms. The SMILES string of the molecule is Cc1cc(NC(=O)c2ccc(=O)[nH]c2)ccc1C#CCN. The van der Waals surface area contributed by atoms with Gasteiger partial charge in [0.05, 0.1) is 12.1 Å². The molecule has 0 aliphatic rings. The van der Waals surface area contributed by atoms with Gasteiger partial charge in [-0.2, -0.15) is 0 Å². The average molecular weight is 281 g/mol. The number of carbonyl (C=O) groups is 1.